The fourth-order valence-electron chi connectivity index (χ4n) is 2.25. The lowest BCUT2D eigenvalue weighted by Crippen LogP contribution is -1.92. The molecule has 2 aromatic carbocycles. The molecule has 0 atom stereocenters. The Hall–Kier alpha value is -2.81. The molecule has 0 saturated heterocycles. The fraction of sp³-hybridized carbons (Fsp3) is 0.0556. The van der Waals surface area contributed by atoms with Gasteiger partial charge in [0.25, 0.3) is 0 Å². The second-order valence-electron chi connectivity index (χ2n) is 4.59. The number of fused-ring (bicyclic) bond motifs is 1. The van der Waals surface area contributed by atoms with E-state index in [1.165, 1.54) is 13.2 Å². The molecular weight excluding hydrogens is 264 g/mol. The number of esters is 1. The molecule has 3 rings (SSSR count). The number of benzene rings is 2. The van der Waals surface area contributed by atoms with Crippen LogP contribution in [-0.4, -0.2) is 13.1 Å². The van der Waals surface area contributed by atoms with Crippen molar-refractivity contribution in [1.29, 1.82) is 0 Å². The molecule has 0 fully saturated rings. The maximum absolute atomic E-state index is 11.1. The predicted molar refractivity (Wildman–Crippen MR) is 82.7 cm³/mol. The Labute approximate surface area is 122 Å². The lowest BCUT2D eigenvalue weighted by atomic mass is 10.0. The summed E-state index contributed by atoms with van der Waals surface area (Å²) in [6.45, 7) is 0. The van der Waals surface area contributed by atoms with Crippen molar-refractivity contribution < 1.29 is 13.9 Å². The van der Waals surface area contributed by atoms with Crippen LogP contribution in [0.25, 0.3) is 28.2 Å². The number of furan rings is 1. The van der Waals surface area contributed by atoms with Gasteiger partial charge >= 0.3 is 5.97 Å². The molecule has 1 aromatic heterocycles. The third kappa shape index (κ3) is 2.72. The predicted octanol–water partition coefficient (Wildman–Crippen LogP) is 4.29. The highest BCUT2D eigenvalue weighted by Crippen LogP contribution is 2.30. The van der Waals surface area contributed by atoms with E-state index in [-0.39, 0.29) is 0 Å². The highest BCUT2D eigenvalue weighted by Gasteiger charge is 2.07. The first kappa shape index (κ1) is 13.2. The van der Waals surface area contributed by atoms with Crippen molar-refractivity contribution in [1.82, 2.24) is 0 Å². The normalized spacial score (nSPS) is 11.1. The average Bonchev–Trinajstić information content (AvgIpc) is 3.00. The quantitative estimate of drug-likeness (QED) is 0.530. The van der Waals surface area contributed by atoms with Crippen LogP contribution in [0.2, 0.25) is 0 Å². The maximum Gasteiger partial charge on any atom is 0.330 e. The standard InChI is InChI=1S/C18H14O3/c1-20-18(19)12-10-14-9-11-17(21-14)16-8-4-6-13-5-2-3-7-15(13)16/h2-12H,1H3. The van der Waals surface area contributed by atoms with Crippen molar-refractivity contribution >= 4 is 22.8 Å². The molecule has 104 valence electrons. The molecule has 0 aliphatic carbocycles. The van der Waals surface area contributed by atoms with Crippen molar-refractivity contribution in [2.45, 2.75) is 0 Å². The van der Waals surface area contributed by atoms with E-state index in [9.17, 15) is 4.79 Å². The molecule has 0 spiro atoms. The minimum Gasteiger partial charge on any atom is -0.466 e. The fourth-order valence-corrected chi connectivity index (χ4v) is 2.25. The molecule has 3 aromatic rings. The number of ether oxygens (including phenoxy) is 1. The number of hydrogen-bond donors (Lipinski definition) is 0. The highest BCUT2D eigenvalue weighted by atomic mass is 16.5. The summed E-state index contributed by atoms with van der Waals surface area (Å²) in [7, 11) is 1.34. The summed E-state index contributed by atoms with van der Waals surface area (Å²) in [5.41, 5.74) is 1.03. The van der Waals surface area contributed by atoms with E-state index in [4.69, 9.17) is 4.42 Å². The van der Waals surface area contributed by atoms with Gasteiger partial charge in [-0.25, -0.2) is 4.79 Å². The van der Waals surface area contributed by atoms with Crippen LogP contribution in [0.1, 0.15) is 5.76 Å². The Morgan fingerprint density at radius 2 is 1.86 bits per heavy atom. The summed E-state index contributed by atoms with van der Waals surface area (Å²) in [5.74, 6) is 0.984. The molecule has 0 aliphatic rings. The van der Waals surface area contributed by atoms with E-state index in [1.54, 1.807) is 6.08 Å². The Balaban J connectivity index is 1.99. The van der Waals surface area contributed by atoms with E-state index in [0.717, 1.165) is 22.1 Å². The lowest BCUT2D eigenvalue weighted by molar-refractivity contribution is -0.134. The van der Waals surface area contributed by atoms with Gasteiger partial charge in [-0.15, -0.1) is 0 Å². The Kier molecular flexibility index (Phi) is 3.56. The van der Waals surface area contributed by atoms with Gasteiger partial charge in [0.1, 0.15) is 11.5 Å². The van der Waals surface area contributed by atoms with Crippen LogP contribution in [0.3, 0.4) is 0 Å². The first-order chi connectivity index (χ1) is 10.3. The zero-order valence-electron chi connectivity index (χ0n) is 11.6. The summed E-state index contributed by atoms with van der Waals surface area (Å²) in [6, 6.07) is 18.0. The summed E-state index contributed by atoms with van der Waals surface area (Å²) >= 11 is 0. The number of methoxy groups -OCH3 is 1. The maximum atomic E-state index is 11.1. The van der Waals surface area contributed by atoms with E-state index in [2.05, 4.69) is 22.9 Å². The van der Waals surface area contributed by atoms with Crippen LogP contribution in [0, 0.1) is 0 Å². The summed E-state index contributed by atoms with van der Waals surface area (Å²) in [4.78, 5) is 11.1. The molecule has 0 amide bonds. The lowest BCUT2D eigenvalue weighted by Gasteiger charge is -2.03. The number of carbonyl (C=O) groups excluding carboxylic acids is 1. The first-order valence-electron chi connectivity index (χ1n) is 6.62. The van der Waals surface area contributed by atoms with Gasteiger partial charge in [-0.3, -0.25) is 0 Å². The van der Waals surface area contributed by atoms with Gasteiger partial charge in [-0.05, 0) is 29.0 Å². The smallest absolute Gasteiger partial charge is 0.330 e. The largest absolute Gasteiger partial charge is 0.466 e. The van der Waals surface area contributed by atoms with Gasteiger partial charge in [0.15, 0.2) is 0 Å². The number of hydrogen-bond acceptors (Lipinski definition) is 3. The van der Waals surface area contributed by atoms with Crippen LogP contribution in [0.15, 0.2) is 65.1 Å². The highest BCUT2D eigenvalue weighted by molar-refractivity contribution is 5.95. The van der Waals surface area contributed by atoms with Gasteiger partial charge < -0.3 is 9.15 Å². The van der Waals surface area contributed by atoms with Crippen LogP contribution < -0.4 is 0 Å². The first-order valence-corrected chi connectivity index (χ1v) is 6.62. The second kappa shape index (κ2) is 5.67. The molecule has 0 bridgehead atoms. The van der Waals surface area contributed by atoms with Gasteiger partial charge in [0.2, 0.25) is 0 Å². The Bertz CT molecular complexity index is 807. The molecule has 0 unspecified atom stereocenters. The second-order valence-corrected chi connectivity index (χ2v) is 4.59. The van der Waals surface area contributed by atoms with Crippen molar-refractivity contribution in [3.05, 3.63) is 66.4 Å². The summed E-state index contributed by atoms with van der Waals surface area (Å²) < 4.78 is 10.3. The van der Waals surface area contributed by atoms with Crippen LogP contribution in [-0.2, 0) is 9.53 Å². The van der Waals surface area contributed by atoms with E-state index < -0.39 is 5.97 Å². The zero-order valence-corrected chi connectivity index (χ0v) is 11.6. The topological polar surface area (TPSA) is 39.4 Å². The molecule has 1 heterocycles. The van der Waals surface area contributed by atoms with Crippen LogP contribution in [0.5, 0.6) is 0 Å². The molecular formula is C18H14O3. The molecule has 0 aliphatic heterocycles. The van der Waals surface area contributed by atoms with Crippen molar-refractivity contribution in [2.24, 2.45) is 0 Å². The monoisotopic (exact) mass is 278 g/mol. The van der Waals surface area contributed by atoms with Crippen LogP contribution >= 0.6 is 0 Å². The average molecular weight is 278 g/mol. The third-order valence-electron chi connectivity index (χ3n) is 3.27. The number of rotatable bonds is 3. The third-order valence-corrected chi connectivity index (χ3v) is 3.27. The Morgan fingerprint density at radius 1 is 1.05 bits per heavy atom. The SMILES string of the molecule is COC(=O)C=Cc1ccc(-c2cccc3ccccc23)o1. The summed E-state index contributed by atoms with van der Waals surface area (Å²) in [5, 5.41) is 2.30. The minimum absolute atomic E-state index is 0.405. The van der Waals surface area contributed by atoms with E-state index in [0.29, 0.717) is 5.76 Å². The van der Waals surface area contributed by atoms with E-state index in [1.807, 2.05) is 36.4 Å². The zero-order chi connectivity index (χ0) is 14.7. The van der Waals surface area contributed by atoms with Crippen LogP contribution in [0.4, 0.5) is 0 Å². The Morgan fingerprint density at radius 3 is 2.71 bits per heavy atom. The molecule has 3 heteroatoms. The van der Waals surface area contributed by atoms with Crippen molar-refractivity contribution in [3.63, 3.8) is 0 Å². The van der Waals surface area contributed by atoms with Gasteiger partial charge in [-0.1, -0.05) is 42.5 Å². The molecule has 21 heavy (non-hydrogen) atoms. The molecule has 0 radical (unpaired) electrons. The molecule has 0 saturated carbocycles. The molecule has 0 N–H and O–H groups in total. The van der Waals surface area contributed by atoms with Gasteiger partial charge in [0, 0.05) is 11.6 Å². The minimum atomic E-state index is -0.405. The van der Waals surface area contributed by atoms with Crippen molar-refractivity contribution in [2.75, 3.05) is 7.11 Å². The van der Waals surface area contributed by atoms with Gasteiger partial charge in [0.05, 0.1) is 7.11 Å². The van der Waals surface area contributed by atoms with Crippen molar-refractivity contribution in [3.8, 4) is 11.3 Å². The summed E-state index contributed by atoms with van der Waals surface area (Å²) in [6.07, 6.45) is 2.94. The van der Waals surface area contributed by atoms with Gasteiger partial charge in [-0.2, -0.15) is 0 Å². The number of carbonyl (C=O) groups is 1. The van der Waals surface area contributed by atoms with E-state index >= 15 is 0 Å². The molecule has 3 nitrogen and oxygen atoms in total.